The van der Waals surface area contributed by atoms with E-state index in [9.17, 15) is 4.79 Å². The Hall–Kier alpha value is -2.75. The number of nitrogens with zero attached hydrogens (tertiary/aromatic N) is 2. The van der Waals surface area contributed by atoms with E-state index in [1.165, 1.54) is 0 Å². The molecule has 1 aliphatic carbocycles. The van der Waals surface area contributed by atoms with Crippen LogP contribution in [0.5, 0.6) is 0 Å². The second-order valence-electron chi connectivity index (χ2n) is 7.58. The first-order valence-corrected chi connectivity index (χ1v) is 8.58. The molecule has 0 spiro atoms. The number of aromatic nitrogens is 3. The largest absolute Gasteiger partial charge is 0.294 e. The molecule has 4 heteroatoms. The highest BCUT2D eigenvalue weighted by molar-refractivity contribution is 6.08. The summed E-state index contributed by atoms with van der Waals surface area (Å²) >= 11 is 0. The number of aromatic amines is 1. The third-order valence-corrected chi connectivity index (χ3v) is 4.80. The fourth-order valence-corrected chi connectivity index (χ4v) is 3.67. The molecule has 2 aromatic heterocycles. The summed E-state index contributed by atoms with van der Waals surface area (Å²) in [7, 11) is 0. The highest BCUT2D eigenvalue weighted by atomic mass is 16.1. The number of rotatable bonds is 2. The van der Waals surface area contributed by atoms with Crippen LogP contribution in [0.3, 0.4) is 0 Å². The fourth-order valence-electron chi connectivity index (χ4n) is 3.67. The molecular formula is C21H21N3O. The van der Waals surface area contributed by atoms with Crippen molar-refractivity contribution in [1.82, 2.24) is 15.2 Å². The number of fused-ring (bicyclic) bond motifs is 2. The Morgan fingerprint density at radius 2 is 1.88 bits per heavy atom. The third-order valence-electron chi connectivity index (χ3n) is 4.80. The molecule has 0 bridgehead atoms. The van der Waals surface area contributed by atoms with E-state index < -0.39 is 0 Å². The van der Waals surface area contributed by atoms with E-state index in [-0.39, 0.29) is 11.2 Å². The van der Waals surface area contributed by atoms with Crippen molar-refractivity contribution in [3.63, 3.8) is 0 Å². The first kappa shape index (κ1) is 15.8. The summed E-state index contributed by atoms with van der Waals surface area (Å²) in [5, 5.41) is 8.29. The minimum atomic E-state index is -0.0590. The molecule has 3 aromatic rings. The Labute approximate surface area is 147 Å². The van der Waals surface area contributed by atoms with Crippen LogP contribution in [0.2, 0.25) is 0 Å². The van der Waals surface area contributed by atoms with Crippen LogP contribution < -0.4 is 0 Å². The summed E-state index contributed by atoms with van der Waals surface area (Å²) in [6.07, 6.45) is 5.43. The number of hydrogen-bond acceptors (Lipinski definition) is 3. The zero-order valence-electron chi connectivity index (χ0n) is 14.8. The van der Waals surface area contributed by atoms with Gasteiger partial charge in [-0.1, -0.05) is 56.3 Å². The van der Waals surface area contributed by atoms with Gasteiger partial charge < -0.3 is 0 Å². The average Bonchev–Trinajstić information content (AvgIpc) is 2.92. The molecule has 25 heavy (non-hydrogen) atoms. The predicted molar refractivity (Wildman–Crippen MR) is 100 cm³/mol. The van der Waals surface area contributed by atoms with Gasteiger partial charge in [0.2, 0.25) is 0 Å². The number of benzene rings is 1. The Bertz CT molecular complexity index is 997. The van der Waals surface area contributed by atoms with Crippen LogP contribution in [0.1, 0.15) is 53.1 Å². The Kier molecular flexibility index (Phi) is 3.57. The van der Waals surface area contributed by atoms with Gasteiger partial charge in [0.25, 0.3) is 0 Å². The summed E-state index contributed by atoms with van der Waals surface area (Å²) < 4.78 is 0. The molecule has 0 saturated heterocycles. The van der Waals surface area contributed by atoms with Crippen LogP contribution in [0.4, 0.5) is 0 Å². The Balaban J connectivity index is 1.95. The van der Waals surface area contributed by atoms with Crippen molar-refractivity contribution >= 4 is 29.0 Å². The Morgan fingerprint density at radius 3 is 2.64 bits per heavy atom. The third kappa shape index (κ3) is 2.78. The van der Waals surface area contributed by atoms with E-state index in [0.29, 0.717) is 12.1 Å². The lowest BCUT2D eigenvalue weighted by Gasteiger charge is -2.30. The molecule has 2 heterocycles. The number of ketones is 1. The zero-order chi connectivity index (χ0) is 17.6. The second kappa shape index (κ2) is 5.66. The number of H-pyrrole nitrogens is 1. The van der Waals surface area contributed by atoms with Gasteiger partial charge in [-0.25, -0.2) is 4.98 Å². The normalized spacial score (nSPS) is 16.5. The van der Waals surface area contributed by atoms with E-state index in [1.54, 1.807) is 0 Å². The SMILES string of the molecule is Cc1[nH]nc2nc3c(c(/C=C/c4ccccc4)c12)C(=O)CC(C)(C)C3. The maximum Gasteiger partial charge on any atom is 0.182 e. The van der Waals surface area contributed by atoms with Crippen LogP contribution >= 0.6 is 0 Å². The van der Waals surface area contributed by atoms with Crippen LogP contribution in [0.15, 0.2) is 30.3 Å². The second-order valence-corrected chi connectivity index (χ2v) is 7.58. The number of aryl methyl sites for hydroxylation is 1. The van der Waals surface area contributed by atoms with Crippen molar-refractivity contribution < 1.29 is 4.79 Å². The van der Waals surface area contributed by atoms with Gasteiger partial charge in [-0.2, -0.15) is 5.10 Å². The summed E-state index contributed by atoms with van der Waals surface area (Å²) in [5.41, 5.74) is 5.25. The number of carbonyl (C=O) groups excluding carboxylic acids is 1. The van der Waals surface area contributed by atoms with Gasteiger partial charge in [0.05, 0.1) is 5.69 Å². The smallest absolute Gasteiger partial charge is 0.182 e. The van der Waals surface area contributed by atoms with Crippen molar-refractivity contribution in [2.24, 2.45) is 5.41 Å². The van der Waals surface area contributed by atoms with E-state index >= 15 is 0 Å². The summed E-state index contributed by atoms with van der Waals surface area (Å²) in [5.74, 6) is 0.175. The molecule has 0 amide bonds. The molecule has 0 saturated carbocycles. The molecule has 0 fully saturated rings. The van der Waals surface area contributed by atoms with Crippen molar-refractivity contribution in [2.45, 2.75) is 33.6 Å². The maximum absolute atomic E-state index is 12.9. The van der Waals surface area contributed by atoms with Crippen LogP contribution in [-0.4, -0.2) is 21.0 Å². The van der Waals surface area contributed by atoms with Gasteiger partial charge in [-0.3, -0.25) is 9.89 Å². The molecule has 0 radical (unpaired) electrons. The molecule has 126 valence electrons. The zero-order valence-corrected chi connectivity index (χ0v) is 14.8. The minimum Gasteiger partial charge on any atom is -0.294 e. The monoisotopic (exact) mass is 331 g/mol. The van der Waals surface area contributed by atoms with E-state index in [0.717, 1.165) is 39.9 Å². The number of pyridine rings is 1. The number of hydrogen-bond donors (Lipinski definition) is 1. The van der Waals surface area contributed by atoms with Crippen LogP contribution in [0.25, 0.3) is 23.2 Å². The van der Waals surface area contributed by atoms with E-state index in [1.807, 2.05) is 31.2 Å². The molecule has 1 N–H and O–H groups in total. The van der Waals surface area contributed by atoms with Crippen molar-refractivity contribution in [1.29, 1.82) is 0 Å². The molecule has 4 nitrogen and oxygen atoms in total. The minimum absolute atomic E-state index is 0.0590. The fraction of sp³-hybridized carbons (Fsp3) is 0.286. The first-order chi connectivity index (χ1) is 11.9. The van der Waals surface area contributed by atoms with Gasteiger partial charge in [-0.15, -0.1) is 0 Å². The van der Waals surface area contributed by atoms with Crippen LogP contribution in [-0.2, 0) is 6.42 Å². The highest BCUT2D eigenvalue weighted by Crippen LogP contribution is 2.38. The van der Waals surface area contributed by atoms with E-state index in [2.05, 4.69) is 42.3 Å². The molecule has 1 aliphatic rings. The number of carbonyl (C=O) groups is 1. The van der Waals surface area contributed by atoms with E-state index in [4.69, 9.17) is 4.98 Å². The lowest BCUT2D eigenvalue weighted by Crippen LogP contribution is -2.28. The van der Waals surface area contributed by atoms with Crippen molar-refractivity contribution in [3.8, 4) is 0 Å². The topological polar surface area (TPSA) is 58.6 Å². The molecule has 0 aliphatic heterocycles. The molecule has 1 aromatic carbocycles. The summed E-state index contributed by atoms with van der Waals surface area (Å²) in [6, 6.07) is 10.1. The molecule has 4 rings (SSSR count). The number of nitrogens with one attached hydrogen (secondary N) is 1. The molecule has 0 unspecified atom stereocenters. The van der Waals surface area contributed by atoms with Gasteiger partial charge in [0.15, 0.2) is 11.4 Å². The lowest BCUT2D eigenvalue weighted by atomic mass is 9.74. The van der Waals surface area contributed by atoms with Gasteiger partial charge in [0, 0.05) is 23.1 Å². The molecule has 0 atom stereocenters. The maximum atomic E-state index is 12.9. The predicted octanol–water partition coefficient (Wildman–Crippen LogP) is 4.59. The quantitative estimate of drug-likeness (QED) is 0.747. The first-order valence-electron chi connectivity index (χ1n) is 8.58. The van der Waals surface area contributed by atoms with Crippen LogP contribution in [0, 0.1) is 12.3 Å². The van der Waals surface area contributed by atoms with Crippen molar-refractivity contribution in [2.75, 3.05) is 0 Å². The van der Waals surface area contributed by atoms with Crippen molar-refractivity contribution in [3.05, 3.63) is 58.4 Å². The Morgan fingerprint density at radius 1 is 1.12 bits per heavy atom. The molecular weight excluding hydrogens is 310 g/mol. The lowest BCUT2D eigenvalue weighted by molar-refractivity contribution is 0.0910. The van der Waals surface area contributed by atoms with Gasteiger partial charge >= 0.3 is 0 Å². The number of Topliss-reactive ketones (excluding diaryl/α,β-unsaturated/α-hetero) is 1. The highest BCUT2D eigenvalue weighted by Gasteiger charge is 2.34. The van der Waals surface area contributed by atoms with Gasteiger partial charge in [-0.05, 0) is 29.9 Å². The summed E-state index contributed by atoms with van der Waals surface area (Å²) in [4.78, 5) is 17.6. The van der Waals surface area contributed by atoms with Gasteiger partial charge in [0.1, 0.15) is 0 Å². The summed E-state index contributed by atoms with van der Waals surface area (Å²) in [6.45, 7) is 6.21. The average molecular weight is 331 g/mol. The standard InChI is InChI=1S/C21H21N3O/c1-13-18-15(10-9-14-7-5-4-6-8-14)19-16(22-20(18)24-23-13)11-21(2,3)12-17(19)25/h4-10H,11-12H2,1-3H3,(H,22,23,24)/b10-9+.